The zero-order valence-electron chi connectivity index (χ0n) is 15.1. The van der Waals surface area contributed by atoms with Gasteiger partial charge in [0.1, 0.15) is 11.5 Å². The second-order valence-electron chi connectivity index (χ2n) is 9.01. The molecule has 0 radical (unpaired) electrons. The maximum Gasteiger partial charge on any atom is 0.418 e. The third kappa shape index (κ3) is 1.85. The van der Waals surface area contributed by atoms with Crippen molar-refractivity contribution in [3.8, 4) is 11.5 Å². The van der Waals surface area contributed by atoms with Gasteiger partial charge in [-0.05, 0) is 46.9 Å². The van der Waals surface area contributed by atoms with Crippen LogP contribution in [0.1, 0.15) is 62.8 Å². The highest BCUT2D eigenvalue weighted by Crippen LogP contribution is 2.67. The lowest BCUT2D eigenvalue weighted by molar-refractivity contribution is 0.333. The fourth-order valence-electron chi connectivity index (χ4n) is 5.79. The quantitative estimate of drug-likeness (QED) is 0.586. The summed E-state index contributed by atoms with van der Waals surface area (Å²) in [6.07, 6.45) is 2.04. The second-order valence-corrected chi connectivity index (χ2v) is 9.92. The first-order chi connectivity index (χ1) is 11.7. The van der Waals surface area contributed by atoms with E-state index in [-0.39, 0.29) is 16.2 Å². The largest absolute Gasteiger partial charge is 0.418 e. The smallest absolute Gasteiger partial charge is 0.418 e. The van der Waals surface area contributed by atoms with Crippen LogP contribution in [-0.4, -0.2) is 0 Å². The van der Waals surface area contributed by atoms with Crippen LogP contribution in [0.25, 0.3) is 0 Å². The van der Waals surface area contributed by atoms with Gasteiger partial charge in [-0.25, -0.2) is 4.57 Å². The van der Waals surface area contributed by atoms with Crippen molar-refractivity contribution < 1.29 is 13.6 Å². The first-order valence-electron chi connectivity index (χ1n) is 8.92. The minimum atomic E-state index is -2.63. The van der Waals surface area contributed by atoms with Gasteiger partial charge >= 0.3 is 8.25 Å². The standard InChI is InChI=1S/C21H23O3P/c1-19(2)11-21-12-20(3,4)14-8-6-10-16(18(14)21)24-25(22)23-15-9-5-7-13(19)17(15)21/h5-10,25H,11-12H2,1-4H3. The lowest BCUT2D eigenvalue weighted by Gasteiger charge is -2.33. The Morgan fingerprint density at radius 1 is 0.800 bits per heavy atom. The molecule has 1 spiro atoms. The Morgan fingerprint density at radius 2 is 1.24 bits per heavy atom. The molecule has 0 amide bonds. The van der Waals surface area contributed by atoms with Crippen LogP contribution in [0.3, 0.4) is 0 Å². The maximum absolute atomic E-state index is 12.5. The zero-order chi connectivity index (χ0) is 17.6. The van der Waals surface area contributed by atoms with Crippen molar-refractivity contribution in [3.05, 3.63) is 58.7 Å². The van der Waals surface area contributed by atoms with E-state index in [9.17, 15) is 4.57 Å². The molecule has 0 N–H and O–H groups in total. The number of benzene rings is 2. The van der Waals surface area contributed by atoms with Crippen LogP contribution in [0.5, 0.6) is 11.5 Å². The van der Waals surface area contributed by atoms with Gasteiger partial charge in [-0.1, -0.05) is 52.0 Å². The van der Waals surface area contributed by atoms with Crippen molar-refractivity contribution in [2.75, 3.05) is 0 Å². The van der Waals surface area contributed by atoms with Crippen LogP contribution in [0.15, 0.2) is 36.4 Å². The third-order valence-electron chi connectivity index (χ3n) is 6.34. The number of hydrogen-bond donors (Lipinski definition) is 0. The molecule has 0 fully saturated rings. The summed E-state index contributed by atoms with van der Waals surface area (Å²) >= 11 is 0. The summed E-state index contributed by atoms with van der Waals surface area (Å²) < 4.78 is 24.1. The molecule has 3 nitrogen and oxygen atoms in total. The highest BCUT2D eigenvalue weighted by Gasteiger charge is 2.59. The van der Waals surface area contributed by atoms with Crippen LogP contribution in [0.4, 0.5) is 0 Å². The van der Waals surface area contributed by atoms with Gasteiger partial charge in [0, 0.05) is 16.5 Å². The Labute approximate surface area is 149 Å². The van der Waals surface area contributed by atoms with E-state index in [2.05, 4.69) is 39.8 Å². The Morgan fingerprint density at radius 3 is 1.68 bits per heavy atom. The molecule has 1 aliphatic heterocycles. The highest BCUT2D eigenvalue weighted by molar-refractivity contribution is 7.34. The average molecular weight is 354 g/mol. The van der Waals surface area contributed by atoms with Crippen LogP contribution in [-0.2, 0) is 20.8 Å². The fraction of sp³-hybridized carbons (Fsp3) is 0.429. The summed E-state index contributed by atoms with van der Waals surface area (Å²) in [5.74, 6) is 1.48. The van der Waals surface area contributed by atoms with E-state index in [1.54, 1.807) is 0 Å². The molecule has 5 rings (SSSR count). The summed E-state index contributed by atoms with van der Waals surface area (Å²) in [7, 11) is -2.63. The molecule has 0 saturated carbocycles. The molecule has 0 atom stereocenters. The molecule has 0 aromatic heterocycles. The minimum Gasteiger partial charge on any atom is -0.418 e. The van der Waals surface area contributed by atoms with Gasteiger partial charge in [-0.3, -0.25) is 0 Å². The summed E-state index contributed by atoms with van der Waals surface area (Å²) in [5, 5.41) is 0. The van der Waals surface area contributed by atoms with Crippen molar-refractivity contribution in [3.63, 3.8) is 0 Å². The molecule has 0 bridgehead atoms. The van der Waals surface area contributed by atoms with Gasteiger partial charge in [0.2, 0.25) is 0 Å². The van der Waals surface area contributed by atoms with E-state index in [1.807, 2.05) is 24.3 Å². The van der Waals surface area contributed by atoms with Crippen molar-refractivity contribution in [2.24, 2.45) is 0 Å². The topological polar surface area (TPSA) is 35.5 Å². The summed E-state index contributed by atoms with van der Waals surface area (Å²) in [4.78, 5) is 0. The van der Waals surface area contributed by atoms with Crippen molar-refractivity contribution in [1.29, 1.82) is 0 Å². The van der Waals surface area contributed by atoms with E-state index in [4.69, 9.17) is 9.05 Å². The Kier molecular flexibility index (Phi) is 2.80. The second kappa shape index (κ2) is 4.51. The third-order valence-corrected chi connectivity index (χ3v) is 7.11. The van der Waals surface area contributed by atoms with Crippen molar-refractivity contribution in [2.45, 2.75) is 56.8 Å². The van der Waals surface area contributed by atoms with Crippen LogP contribution in [0, 0.1) is 0 Å². The Bertz CT molecular complexity index is 867. The first-order valence-corrected chi connectivity index (χ1v) is 10.1. The maximum atomic E-state index is 12.5. The average Bonchev–Trinajstić information content (AvgIpc) is 2.87. The molecule has 0 saturated heterocycles. The number of rotatable bonds is 0. The molecule has 25 heavy (non-hydrogen) atoms. The lowest BCUT2D eigenvalue weighted by atomic mass is 9.72. The summed E-state index contributed by atoms with van der Waals surface area (Å²) in [6, 6.07) is 12.4. The molecule has 2 aromatic carbocycles. The van der Waals surface area contributed by atoms with E-state index < -0.39 is 8.25 Å². The van der Waals surface area contributed by atoms with E-state index in [0.717, 1.165) is 24.3 Å². The van der Waals surface area contributed by atoms with Crippen LogP contribution < -0.4 is 9.05 Å². The first kappa shape index (κ1) is 15.5. The monoisotopic (exact) mass is 354 g/mol. The minimum absolute atomic E-state index is 0.0413. The van der Waals surface area contributed by atoms with Gasteiger partial charge in [-0.2, -0.15) is 0 Å². The lowest BCUT2D eigenvalue weighted by Crippen LogP contribution is -2.28. The fourth-order valence-corrected chi connectivity index (χ4v) is 6.53. The van der Waals surface area contributed by atoms with Crippen molar-refractivity contribution >= 4 is 8.25 Å². The summed E-state index contributed by atoms with van der Waals surface area (Å²) in [6.45, 7) is 9.22. The predicted molar refractivity (Wildman–Crippen MR) is 99.2 cm³/mol. The highest BCUT2D eigenvalue weighted by atomic mass is 31.1. The van der Waals surface area contributed by atoms with Crippen molar-refractivity contribution in [1.82, 2.24) is 0 Å². The predicted octanol–water partition coefficient (Wildman–Crippen LogP) is 5.50. The Hall–Kier alpha value is -1.73. The molecule has 4 heteroatoms. The zero-order valence-corrected chi connectivity index (χ0v) is 16.1. The normalized spacial score (nSPS) is 23.7. The van der Waals surface area contributed by atoms with E-state index in [1.165, 1.54) is 22.3 Å². The SMILES string of the molecule is CC1(C)CC23CC(C)(C)c4cccc(c42)O[PH](=O)Oc2cccc1c23. The van der Waals surface area contributed by atoms with E-state index >= 15 is 0 Å². The van der Waals surface area contributed by atoms with Gasteiger partial charge in [0.25, 0.3) is 0 Å². The molecule has 3 aliphatic rings. The molecule has 0 unspecified atom stereocenters. The van der Waals surface area contributed by atoms with Gasteiger partial charge in [-0.15, -0.1) is 0 Å². The van der Waals surface area contributed by atoms with Gasteiger partial charge < -0.3 is 9.05 Å². The van der Waals surface area contributed by atoms with Crippen LogP contribution in [0.2, 0.25) is 0 Å². The molecular formula is C21H23O3P. The molecule has 2 aliphatic carbocycles. The van der Waals surface area contributed by atoms with E-state index in [0.29, 0.717) is 0 Å². The molecule has 130 valence electrons. The van der Waals surface area contributed by atoms with Crippen LogP contribution >= 0.6 is 8.25 Å². The van der Waals surface area contributed by atoms with Gasteiger partial charge in [0.15, 0.2) is 0 Å². The molecular weight excluding hydrogens is 331 g/mol. The van der Waals surface area contributed by atoms with Gasteiger partial charge in [0.05, 0.1) is 0 Å². The number of hydrogen-bond acceptors (Lipinski definition) is 3. The summed E-state index contributed by atoms with van der Waals surface area (Å²) in [5.41, 5.74) is 5.06. The molecule has 2 aromatic rings. The molecule has 1 heterocycles. The Balaban J connectivity index is 1.95.